The van der Waals surface area contributed by atoms with E-state index >= 15 is 0 Å². The summed E-state index contributed by atoms with van der Waals surface area (Å²) in [5.74, 6) is 0.164. The second-order valence-corrected chi connectivity index (χ2v) is 5.25. The average Bonchev–Trinajstić information content (AvgIpc) is 2.39. The van der Waals surface area contributed by atoms with Crippen LogP contribution in [0, 0.1) is 10.1 Å². The van der Waals surface area contributed by atoms with Gasteiger partial charge in [-0.1, -0.05) is 0 Å². The molecular formula is C11H17ClN6O2. The molecule has 1 fully saturated rings. The molecule has 1 aromatic heterocycles. The molecule has 1 unspecified atom stereocenters. The first kappa shape index (κ1) is 14.9. The molecule has 0 amide bonds. The minimum Gasteiger partial charge on any atom is -0.363 e. The summed E-state index contributed by atoms with van der Waals surface area (Å²) in [5, 5.41) is 13.9. The molecule has 20 heavy (non-hydrogen) atoms. The molecule has 8 nitrogen and oxygen atoms in total. The van der Waals surface area contributed by atoms with Crippen LogP contribution in [0.3, 0.4) is 0 Å². The number of nitro groups is 1. The number of nitrogens with one attached hydrogen (secondary N) is 1. The largest absolute Gasteiger partial charge is 0.363 e. The van der Waals surface area contributed by atoms with Crippen LogP contribution in [0.25, 0.3) is 0 Å². The highest BCUT2D eigenvalue weighted by Crippen LogP contribution is 2.22. The van der Waals surface area contributed by atoms with Crippen molar-refractivity contribution in [2.24, 2.45) is 0 Å². The lowest BCUT2D eigenvalue weighted by atomic mass is 10.2. The van der Waals surface area contributed by atoms with Crippen LogP contribution in [0.5, 0.6) is 0 Å². The summed E-state index contributed by atoms with van der Waals surface area (Å²) in [7, 11) is 4.10. The van der Waals surface area contributed by atoms with Crippen molar-refractivity contribution >= 4 is 23.1 Å². The van der Waals surface area contributed by atoms with Gasteiger partial charge < -0.3 is 10.2 Å². The molecule has 9 heteroatoms. The van der Waals surface area contributed by atoms with Gasteiger partial charge in [-0.2, -0.15) is 4.98 Å². The lowest BCUT2D eigenvalue weighted by molar-refractivity contribution is -0.384. The van der Waals surface area contributed by atoms with E-state index < -0.39 is 4.92 Å². The van der Waals surface area contributed by atoms with E-state index in [-0.39, 0.29) is 22.8 Å². The molecule has 2 rings (SSSR count). The smallest absolute Gasteiger partial charge is 0.329 e. The monoisotopic (exact) mass is 300 g/mol. The Labute approximate surface area is 121 Å². The third-order valence-corrected chi connectivity index (χ3v) is 3.60. The van der Waals surface area contributed by atoms with Gasteiger partial charge in [0.15, 0.2) is 0 Å². The summed E-state index contributed by atoms with van der Waals surface area (Å²) >= 11 is 5.69. The van der Waals surface area contributed by atoms with Crippen LogP contribution in [0.1, 0.15) is 0 Å². The van der Waals surface area contributed by atoms with Crippen LogP contribution in [0.4, 0.5) is 11.5 Å². The molecular weight excluding hydrogens is 284 g/mol. The molecule has 1 aliphatic rings. The summed E-state index contributed by atoms with van der Waals surface area (Å²) < 4.78 is 0. The first-order valence-electron chi connectivity index (χ1n) is 6.27. The summed E-state index contributed by atoms with van der Waals surface area (Å²) in [6, 6.07) is 0.266. The molecule has 110 valence electrons. The highest BCUT2D eigenvalue weighted by atomic mass is 35.5. The number of nitrogens with zero attached hydrogens (tertiary/aromatic N) is 5. The topological polar surface area (TPSA) is 87.4 Å². The normalized spacial score (nSPS) is 20.9. The van der Waals surface area contributed by atoms with Crippen LogP contribution in [-0.2, 0) is 0 Å². The minimum absolute atomic E-state index is 0.00721. The molecule has 1 N–H and O–H groups in total. The number of rotatable bonds is 4. The number of likely N-dealkylation sites (N-methyl/N-ethyl adjacent to an activating group) is 2. The standard InChI is InChI=1S/C11H17ClN6O2/c1-16-3-4-17(2)8(7-16)5-13-10-9(18(19)20)6-14-11(12)15-10/h6,8H,3-5,7H2,1-2H3,(H,13,14,15). The quantitative estimate of drug-likeness (QED) is 0.497. The van der Waals surface area contributed by atoms with Crippen molar-refractivity contribution in [1.82, 2.24) is 19.8 Å². The van der Waals surface area contributed by atoms with Gasteiger partial charge in [-0.3, -0.25) is 15.0 Å². The van der Waals surface area contributed by atoms with Crippen LogP contribution >= 0.6 is 11.6 Å². The molecule has 0 aromatic carbocycles. The van der Waals surface area contributed by atoms with Crippen molar-refractivity contribution < 1.29 is 4.92 Å². The van der Waals surface area contributed by atoms with Crippen molar-refractivity contribution in [3.05, 3.63) is 21.6 Å². The number of piperazine rings is 1. The molecule has 0 spiro atoms. The zero-order chi connectivity index (χ0) is 14.7. The summed E-state index contributed by atoms with van der Waals surface area (Å²) in [6.45, 7) is 3.45. The molecule has 1 aliphatic heterocycles. The number of anilines is 1. The van der Waals surface area contributed by atoms with Crippen molar-refractivity contribution in [2.75, 3.05) is 45.6 Å². The molecule has 2 heterocycles. The Morgan fingerprint density at radius 3 is 3.00 bits per heavy atom. The van der Waals surface area contributed by atoms with E-state index in [0.717, 1.165) is 25.8 Å². The third kappa shape index (κ3) is 3.53. The van der Waals surface area contributed by atoms with Gasteiger partial charge in [0.25, 0.3) is 0 Å². The molecule has 0 radical (unpaired) electrons. The minimum atomic E-state index is -0.518. The Kier molecular flexibility index (Phi) is 4.69. The highest BCUT2D eigenvalue weighted by molar-refractivity contribution is 6.28. The van der Waals surface area contributed by atoms with Gasteiger partial charge in [0, 0.05) is 32.2 Å². The van der Waals surface area contributed by atoms with Crippen molar-refractivity contribution in [2.45, 2.75) is 6.04 Å². The van der Waals surface area contributed by atoms with E-state index in [2.05, 4.69) is 32.1 Å². The van der Waals surface area contributed by atoms with E-state index in [9.17, 15) is 10.1 Å². The van der Waals surface area contributed by atoms with E-state index in [1.54, 1.807) is 0 Å². The van der Waals surface area contributed by atoms with E-state index in [4.69, 9.17) is 11.6 Å². The zero-order valence-electron chi connectivity index (χ0n) is 11.4. The van der Waals surface area contributed by atoms with Gasteiger partial charge >= 0.3 is 5.69 Å². The summed E-state index contributed by atoms with van der Waals surface area (Å²) in [5.41, 5.74) is -0.166. The first-order chi connectivity index (χ1) is 9.47. The Morgan fingerprint density at radius 1 is 1.55 bits per heavy atom. The average molecular weight is 301 g/mol. The van der Waals surface area contributed by atoms with Crippen molar-refractivity contribution in [3.63, 3.8) is 0 Å². The van der Waals surface area contributed by atoms with Gasteiger partial charge in [-0.15, -0.1) is 0 Å². The van der Waals surface area contributed by atoms with Crippen LogP contribution in [0.2, 0.25) is 5.28 Å². The van der Waals surface area contributed by atoms with Crippen molar-refractivity contribution in [3.8, 4) is 0 Å². The van der Waals surface area contributed by atoms with Gasteiger partial charge in [0.05, 0.1) is 4.92 Å². The maximum Gasteiger partial charge on any atom is 0.329 e. The molecule has 1 saturated heterocycles. The predicted molar refractivity (Wildman–Crippen MR) is 76.1 cm³/mol. The Bertz CT molecular complexity index is 500. The zero-order valence-corrected chi connectivity index (χ0v) is 12.2. The second-order valence-electron chi connectivity index (χ2n) is 4.91. The molecule has 0 aliphatic carbocycles. The van der Waals surface area contributed by atoms with Crippen molar-refractivity contribution in [1.29, 1.82) is 0 Å². The number of hydrogen-bond donors (Lipinski definition) is 1. The van der Waals surface area contributed by atoms with E-state index in [1.807, 2.05) is 7.05 Å². The van der Waals surface area contributed by atoms with Gasteiger partial charge in [0.2, 0.25) is 11.1 Å². The summed E-state index contributed by atoms with van der Waals surface area (Å²) in [6.07, 6.45) is 1.12. The van der Waals surface area contributed by atoms with Gasteiger partial charge in [-0.25, -0.2) is 4.98 Å². The lowest BCUT2D eigenvalue weighted by Gasteiger charge is -2.37. The van der Waals surface area contributed by atoms with Crippen LogP contribution in [0.15, 0.2) is 6.20 Å². The maximum absolute atomic E-state index is 10.9. The SMILES string of the molecule is CN1CCN(C)C(CNc2nc(Cl)ncc2[N+](=O)[O-])C1. The Balaban J connectivity index is 2.06. The molecule has 0 saturated carbocycles. The Hall–Kier alpha value is -1.51. The number of hydrogen-bond acceptors (Lipinski definition) is 7. The molecule has 1 aromatic rings. The number of aromatic nitrogens is 2. The third-order valence-electron chi connectivity index (χ3n) is 3.42. The molecule has 0 bridgehead atoms. The summed E-state index contributed by atoms with van der Waals surface area (Å²) in [4.78, 5) is 22.4. The number of halogens is 1. The van der Waals surface area contributed by atoms with Crippen LogP contribution < -0.4 is 5.32 Å². The molecule has 1 atom stereocenters. The second kappa shape index (κ2) is 6.29. The maximum atomic E-state index is 10.9. The Morgan fingerprint density at radius 2 is 2.30 bits per heavy atom. The van der Waals surface area contributed by atoms with E-state index in [1.165, 1.54) is 0 Å². The fourth-order valence-corrected chi connectivity index (χ4v) is 2.29. The van der Waals surface area contributed by atoms with Gasteiger partial charge in [0.1, 0.15) is 6.20 Å². The van der Waals surface area contributed by atoms with Gasteiger partial charge in [-0.05, 0) is 25.7 Å². The fourth-order valence-electron chi connectivity index (χ4n) is 2.15. The lowest BCUT2D eigenvalue weighted by Crippen LogP contribution is -2.52. The predicted octanol–water partition coefficient (Wildman–Crippen LogP) is 0.696. The highest BCUT2D eigenvalue weighted by Gasteiger charge is 2.24. The van der Waals surface area contributed by atoms with E-state index in [0.29, 0.717) is 6.54 Å². The first-order valence-corrected chi connectivity index (χ1v) is 6.64. The van der Waals surface area contributed by atoms with Crippen LogP contribution in [-0.4, -0.2) is 71.0 Å². The fraction of sp³-hybridized carbons (Fsp3) is 0.636.